The van der Waals surface area contributed by atoms with Crippen LogP contribution in [0, 0.1) is 13.8 Å². The van der Waals surface area contributed by atoms with Crippen LogP contribution >= 0.6 is 0 Å². The van der Waals surface area contributed by atoms with Gasteiger partial charge in [-0.2, -0.15) is 0 Å². The lowest BCUT2D eigenvalue weighted by atomic mass is 10.1. The predicted molar refractivity (Wildman–Crippen MR) is 71.5 cm³/mol. The van der Waals surface area contributed by atoms with Crippen molar-refractivity contribution in [3.63, 3.8) is 0 Å². The van der Waals surface area contributed by atoms with Gasteiger partial charge >= 0.3 is 0 Å². The van der Waals surface area contributed by atoms with Gasteiger partial charge in [0.25, 0.3) is 5.91 Å². The third-order valence-electron chi connectivity index (χ3n) is 2.34. The molecule has 0 heterocycles. The summed E-state index contributed by atoms with van der Waals surface area (Å²) >= 11 is 0. The zero-order valence-electron chi connectivity index (χ0n) is 10.7. The molecule has 0 saturated heterocycles. The average molecular weight is 246 g/mol. The third kappa shape index (κ3) is 4.41. The second-order valence-corrected chi connectivity index (χ2v) is 4.15. The van der Waals surface area contributed by atoms with Crippen LogP contribution in [0.1, 0.15) is 21.5 Å². The molecule has 2 amide bonds. The number of rotatable bonds is 5. The van der Waals surface area contributed by atoms with E-state index >= 15 is 0 Å². The van der Waals surface area contributed by atoms with Crippen LogP contribution in [0.5, 0.6) is 0 Å². The average Bonchev–Trinajstić information content (AvgIpc) is 2.32. The van der Waals surface area contributed by atoms with Gasteiger partial charge in [0.2, 0.25) is 5.91 Å². The number of aryl methyl sites for hydroxylation is 2. The Morgan fingerprint density at radius 2 is 1.78 bits per heavy atom. The summed E-state index contributed by atoms with van der Waals surface area (Å²) in [5.41, 5.74) is 2.62. The Morgan fingerprint density at radius 1 is 1.17 bits per heavy atom. The first-order chi connectivity index (χ1) is 8.52. The van der Waals surface area contributed by atoms with Gasteiger partial charge in [0.1, 0.15) is 0 Å². The molecule has 18 heavy (non-hydrogen) atoms. The maximum atomic E-state index is 11.8. The summed E-state index contributed by atoms with van der Waals surface area (Å²) in [7, 11) is 0. The number of hydrogen-bond acceptors (Lipinski definition) is 2. The van der Waals surface area contributed by atoms with Crippen LogP contribution in [0.2, 0.25) is 0 Å². The molecule has 0 bridgehead atoms. The predicted octanol–water partition coefficient (Wildman–Crippen LogP) is 1.34. The first kappa shape index (κ1) is 14.0. The van der Waals surface area contributed by atoms with Gasteiger partial charge in [0.15, 0.2) is 0 Å². The highest BCUT2D eigenvalue weighted by Crippen LogP contribution is 2.08. The van der Waals surface area contributed by atoms with Crippen molar-refractivity contribution in [1.82, 2.24) is 10.6 Å². The van der Waals surface area contributed by atoms with E-state index in [9.17, 15) is 9.59 Å². The molecule has 96 valence electrons. The fourth-order valence-corrected chi connectivity index (χ4v) is 1.62. The number of benzene rings is 1. The molecule has 0 aliphatic heterocycles. The standard InChI is InChI=1S/C14H18N2O2/c1-4-5-15-13(17)9-16-14(18)12-7-10(2)6-11(3)8-12/h4,6-8H,1,5,9H2,2-3H3,(H,15,17)(H,16,18). The largest absolute Gasteiger partial charge is 0.351 e. The van der Waals surface area contributed by atoms with Gasteiger partial charge in [-0.1, -0.05) is 23.3 Å². The van der Waals surface area contributed by atoms with Gasteiger partial charge in [-0.3, -0.25) is 9.59 Å². The maximum absolute atomic E-state index is 11.8. The van der Waals surface area contributed by atoms with Crippen LogP contribution in [-0.2, 0) is 4.79 Å². The van der Waals surface area contributed by atoms with Gasteiger partial charge in [-0.25, -0.2) is 0 Å². The van der Waals surface area contributed by atoms with Crippen molar-refractivity contribution in [2.75, 3.05) is 13.1 Å². The molecule has 4 nitrogen and oxygen atoms in total. The minimum absolute atomic E-state index is 0.0281. The fraction of sp³-hybridized carbons (Fsp3) is 0.286. The summed E-state index contributed by atoms with van der Waals surface area (Å²) in [4.78, 5) is 23.1. The van der Waals surface area contributed by atoms with Crippen LogP contribution in [0.15, 0.2) is 30.9 Å². The lowest BCUT2D eigenvalue weighted by Crippen LogP contribution is -2.36. The van der Waals surface area contributed by atoms with E-state index in [-0.39, 0.29) is 18.4 Å². The molecular formula is C14H18N2O2. The Kier molecular flexibility index (Phi) is 5.11. The first-order valence-corrected chi connectivity index (χ1v) is 5.77. The minimum atomic E-state index is -0.240. The monoisotopic (exact) mass is 246 g/mol. The quantitative estimate of drug-likeness (QED) is 0.770. The normalized spacial score (nSPS) is 9.67. The molecule has 0 aliphatic rings. The van der Waals surface area contributed by atoms with Crippen LogP contribution in [0.3, 0.4) is 0 Å². The van der Waals surface area contributed by atoms with Crippen LogP contribution in [0.4, 0.5) is 0 Å². The summed E-state index contributed by atoms with van der Waals surface area (Å²) in [5, 5.41) is 5.17. The van der Waals surface area contributed by atoms with E-state index in [1.165, 1.54) is 0 Å². The summed E-state index contributed by atoms with van der Waals surface area (Å²) in [6.45, 7) is 7.73. The van der Waals surface area contributed by atoms with E-state index in [1.807, 2.05) is 19.9 Å². The van der Waals surface area contributed by atoms with E-state index in [1.54, 1.807) is 18.2 Å². The van der Waals surface area contributed by atoms with Crippen molar-refractivity contribution in [3.8, 4) is 0 Å². The lowest BCUT2D eigenvalue weighted by Gasteiger charge is -2.07. The smallest absolute Gasteiger partial charge is 0.251 e. The Morgan fingerprint density at radius 3 is 2.33 bits per heavy atom. The molecule has 0 spiro atoms. The number of nitrogens with one attached hydrogen (secondary N) is 2. The Balaban J connectivity index is 2.55. The fourth-order valence-electron chi connectivity index (χ4n) is 1.62. The highest BCUT2D eigenvalue weighted by molar-refractivity contribution is 5.96. The Hall–Kier alpha value is -2.10. The summed E-state index contributed by atoms with van der Waals surface area (Å²) < 4.78 is 0. The Bertz CT molecular complexity index is 447. The van der Waals surface area contributed by atoms with Crippen molar-refractivity contribution < 1.29 is 9.59 Å². The van der Waals surface area contributed by atoms with E-state index in [0.717, 1.165) is 11.1 Å². The first-order valence-electron chi connectivity index (χ1n) is 5.77. The molecule has 1 aromatic rings. The molecule has 1 aromatic carbocycles. The van der Waals surface area contributed by atoms with Crippen molar-refractivity contribution in [2.45, 2.75) is 13.8 Å². The Labute approximate surface area is 107 Å². The second-order valence-electron chi connectivity index (χ2n) is 4.15. The summed E-state index contributed by atoms with van der Waals surface area (Å²) in [6.07, 6.45) is 1.59. The summed E-state index contributed by atoms with van der Waals surface area (Å²) in [6, 6.07) is 5.58. The molecule has 1 rings (SSSR count). The molecule has 0 aliphatic carbocycles. The van der Waals surface area contributed by atoms with Gasteiger partial charge < -0.3 is 10.6 Å². The molecule has 0 unspecified atom stereocenters. The maximum Gasteiger partial charge on any atom is 0.251 e. The molecule has 0 saturated carbocycles. The van der Waals surface area contributed by atoms with E-state index < -0.39 is 0 Å². The number of carbonyl (C=O) groups excluding carboxylic acids is 2. The van der Waals surface area contributed by atoms with Crippen LogP contribution < -0.4 is 10.6 Å². The number of hydrogen-bond donors (Lipinski definition) is 2. The van der Waals surface area contributed by atoms with E-state index in [4.69, 9.17) is 0 Å². The van der Waals surface area contributed by atoms with Gasteiger partial charge in [-0.15, -0.1) is 6.58 Å². The van der Waals surface area contributed by atoms with Crippen molar-refractivity contribution in [2.24, 2.45) is 0 Å². The van der Waals surface area contributed by atoms with Gasteiger partial charge in [0, 0.05) is 12.1 Å². The SMILES string of the molecule is C=CCNC(=O)CNC(=O)c1cc(C)cc(C)c1. The molecule has 4 heteroatoms. The molecule has 0 fully saturated rings. The molecule has 0 aromatic heterocycles. The minimum Gasteiger partial charge on any atom is -0.351 e. The van der Waals surface area contributed by atoms with Crippen LogP contribution in [-0.4, -0.2) is 24.9 Å². The molecule has 0 atom stereocenters. The third-order valence-corrected chi connectivity index (χ3v) is 2.34. The van der Waals surface area contributed by atoms with Crippen molar-refractivity contribution in [1.29, 1.82) is 0 Å². The van der Waals surface area contributed by atoms with Gasteiger partial charge in [-0.05, 0) is 26.0 Å². The second kappa shape index (κ2) is 6.59. The lowest BCUT2D eigenvalue weighted by molar-refractivity contribution is -0.119. The van der Waals surface area contributed by atoms with E-state index in [2.05, 4.69) is 17.2 Å². The highest BCUT2D eigenvalue weighted by atomic mass is 16.2. The van der Waals surface area contributed by atoms with Crippen LogP contribution in [0.25, 0.3) is 0 Å². The zero-order chi connectivity index (χ0) is 13.5. The van der Waals surface area contributed by atoms with Crippen molar-refractivity contribution in [3.05, 3.63) is 47.5 Å². The topological polar surface area (TPSA) is 58.2 Å². The molecule has 0 radical (unpaired) electrons. The number of carbonyl (C=O) groups is 2. The van der Waals surface area contributed by atoms with Crippen molar-refractivity contribution >= 4 is 11.8 Å². The van der Waals surface area contributed by atoms with E-state index in [0.29, 0.717) is 12.1 Å². The summed E-state index contributed by atoms with van der Waals surface area (Å²) in [5.74, 6) is -0.469. The zero-order valence-corrected chi connectivity index (χ0v) is 10.7. The molecular weight excluding hydrogens is 228 g/mol. The van der Waals surface area contributed by atoms with Gasteiger partial charge in [0.05, 0.1) is 6.54 Å². The molecule has 2 N–H and O–H groups in total. The number of amides is 2. The highest BCUT2D eigenvalue weighted by Gasteiger charge is 2.08.